The Hall–Kier alpha value is -1.20. The van der Waals surface area contributed by atoms with E-state index in [0.29, 0.717) is 18.3 Å². The first-order chi connectivity index (χ1) is 10.5. The highest BCUT2D eigenvalue weighted by Crippen LogP contribution is 2.36. The number of hydrogen-bond donors (Lipinski definition) is 2. The lowest BCUT2D eigenvalue weighted by atomic mass is 9.77. The van der Waals surface area contributed by atoms with Crippen molar-refractivity contribution in [3.63, 3.8) is 0 Å². The summed E-state index contributed by atoms with van der Waals surface area (Å²) in [5.74, 6) is -2.45. The van der Waals surface area contributed by atoms with Crippen LogP contribution in [0.25, 0.3) is 0 Å². The van der Waals surface area contributed by atoms with E-state index >= 15 is 0 Å². The maximum Gasteiger partial charge on any atom is 0.277 e. The van der Waals surface area contributed by atoms with Crippen LogP contribution in [-0.4, -0.2) is 24.9 Å². The molecule has 6 heteroatoms. The van der Waals surface area contributed by atoms with Gasteiger partial charge in [0.1, 0.15) is 0 Å². The minimum Gasteiger partial charge on any atom is -0.350 e. The topological polar surface area (TPSA) is 55.1 Å². The Morgan fingerprint density at radius 2 is 1.78 bits per heavy atom. The Balaban J connectivity index is 0.00000264. The molecule has 0 saturated heterocycles. The molecule has 0 unspecified atom stereocenters. The van der Waals surface area contributed by atoms with Gasteiger partial charge in [-0.25, -0.2) is 8.78 Å². The third-order valence-electron chi connectivity index (χ3n) is 4.43. The molecule has 0 spiro atoms. The molecule has 130 valence electrons. The molecule has 0 bridgehead atoms. The number of nitrogens with one attached hydrogen (secondary N) is 1. The Morgan fingerprint density at radius 1 is 1.17 bits per heavy atom. The van der Waals surface area contributed by atoms with Crippen LogP contribution < -0.4 is 11.1 Å². The highest BCUT2D eigenvalue weighted by Gasteiger charge is 2.28. The average molecular weight is 347 g/mol. The van der Waals surface area contributed by atoms with Gasteiger partial charge in [0.05, 0.1) is 13.1 Å². The molecule has 0 heterocycles. The molecule has 3 nitrogen and oxygen atoms in total. The molecular formula is C17H25ClF2N2O. The number of rotatable bonds is 6. The normalized spacial score (nSPS) is 21.3. The van der Waals surface area contributed by atoms with Crippen LogP contribution >= 0.6 is 12.4 Å². The summed E-state index contributed by atoms with van der Waals surface area (Å²) in [5, 5.41) is 2.30. The van der Waals surface area contributed by atoms with Crippen LogP contribution in [0.4, 0.5) is 8.78 Å². The zero-order valence-electron chi connectivity index (χ0n) is 13.1. The molecular weight excluding hydrogens is 322 g/mol. The van der Waals surface area contributed by atoms with Crippen molar-refractivity contribution < 1.29 is 13.6 Å². The number of benzene rings is 1. The van der Waals surface area contributed by atoms with Crippen LogP contribution in [0.2, 0.25) is 0 Å². The van der Waals surface area contributed by atoms with E-state index in [1.165, 1.54) is 5.56 Å². The van der Waals surface area contributed by atoms with Crippen molar-refractivity contribution in [3.8, 4) is 0 Å². The number of hydrogen-bond acceptors (Lipinski definition) is 2. The number of alkyl halides is 2. The van der Waals surface area contributed by atoms with Gasteiger partial charge in [-0.1, -0.05) is 30.3 Å². The third kappa shape index (κ3) is 6.43. The molecule has 0 aliphatic heterocycles. The molecule has 1 aromatic carbocycles. The predicted molar refractivity (Wildman–Crippen MR) is 90.0 cm³/mol. The molecule has 0 radical (unpaired) electrons. The molecule has 1 saturated carbocycles. The van der Waals surface area contributed by atoms with Crippen molar-refractivity contribution in [3.05, 3.63) is 35.9 Å². The van der Waals surface area contributed by atoms with Crippen molar-refractivity contribution in [2.45, 2.75) is 43.9 Å². The van der Waals surface area contributed by atoms with Crippen molar-refractivity contribution in [2.24, 2.45) is 11.7 Å². The summed E-state index contributed by atoms with van der Waals surface area (Å²) < 4.78 is 26.0. The zero-order valence-corrected chi connectivity index (χ0v) is 14.0. The van der Waals surface area contributed by atoms with E-state index in [2.05, 4.69) is 17.4 Å². The summed E-state index contributed by atoms with van der Waals surface area (Å²) in [6, 6.07) is 10.4. The van der Waals surface area contributed by atoms with E-state index in [0.717, 1.165) is 25.7 Å². The highest BCUT2D eigenvalue weighted by molar-refractivity contribution is 5.85. The van der Waals surface area contributed by atoms with E-state index in [-0.39, 0.29) is 18.3 Å². The zero-order chi connectivity index (χ0) is 16.0. The van der Waals surface area contributed by atoms with Crippen molar-refractivity contribution in [1.82, 2.24) is 5.32 Å². The second-order valence-electron chi connectivity index (χ2n) is 6.17. The summed E-state index contributed by atoms with van der Waals surface area (Å²) in [5.41, 5.74) is 6.30. The average Bonchev–Trinajstić information content (AvgIpc) is 2.55. The van der Waals surface area contributed by atoms with Gasteiger partial charge in [-0.15, -0.1) is 12.4 Å². The lowest BCUT2D eigenvalue weighted by Gasteiger charge is -2.28. The summed E-state index contributed by atoms with van der Waals surface area (Å²) in [7, 11) is 0. The summed E-state index contributed by atoms with van der Waals surface area (Å²) in [6.45, 7) is -1.41. The SMILES string of the molecule is Cl.NCC(F)(F)CNC(=O)CC1CCC(c2ccccc2)CC1. The van der Waals surface area contributed by atoms with Gasteiger partial charge in [0.2, 0.25) is 5.91 Å². The Labute approximate surface area is 142 Å². The van der Waals surface area contributed by atoms with Gasteiger partial charge in [-0.2, -0.15) is 0 Å². The number of amides is 1. The van der Waals surface area contributed by atoms with E-state index in [1.54, 1.807) is 0 Å². The van der Waals surface area contributed by atoms with Gasteiger partial charge in [0, 0.05) is 6.42 Å². The second-order valence-corrected chi connectivity index (χ2v) is 6.17. The standard InChI is InChI=1S/C17H24F2N2O.ClH/c18-17(19,11-20)12-21-16(22)10-13-6-8-15(9-7-13)14-4-2-1-3-5-14;/h1-5,13,15H,6-12,20H2,(H,21,22);1H. The largest absolute Gasteiger partial charge is 0.350 e. The molecule has 0 atom stereocenters. The molecule has 0 aromatic heterocycles. The molecule has 1 fully saturated rings. The van der Waals surface area contributed by atoms with E-state index in [4.69, 9.17) is 5.73 Å². The summed E-state index contributed by atoms with van der Waals surface area (Å²) in [6.07, 6.45) is 4.39. The molecule has 3 N–H and O–H groups in total. The van der Waals surface area contributed by atoms with Gasteiger partial charge < -0.3 is 11.1 Å². The Bertz CT molecular complexity index is 477. The molecule has 1 aliphatic rings. The van der Waals surface area contributed by atoms with Crippen molar-refractivity contribution >= 4 is 18.3 Å². The molecule has 23 heavy (non-hydrogen) atoms. The molecule has 1 aliphatic carbocycles. The number of nitrogens with two attached hydrogens (primary N) is 1. The fourth-order valence-corrected chi connectivity index (χ4v) is 3.06. The first-order valence-corrected chi connectivity index (χ1v) is 7.90. The first kappa shape index (κ1) is 19.8. The lowest BCUT2D eigenvalue weighted by Crippen LogP contribution is -2.42. The number of halogens is 3. The highest BCUT2D eigenvalue weighted by atomic mass is 35.5. The van der Waals surface area contributed by atoms with Crippen molar-refractivity contribution in [2.75, 3.05) is 13.1 Å². The minimum atomic E-state index is -3.01. The van der Waals surface area contributed by atoms with E-state index < -0.39 is 19.0 Å². The first-order valence-electron chi connectivity index (χ1n) is 7.90. The molecule has 1 aromatic rings. The predicted octanol–water partition coefficient (Wildman–Crippen LogP) is 3.48. The van der Waals surface area contributed by atoms with Crippen LogP contribution in [0, 0.1) is 5.92 Å². The van der Waals surface area contributed by atoms with Crippen LogP contribution in [-0.2, 0) is 4.79 Å². The smallest absolute Gasteiger partial charge is 0.277 e. The maximum atomic E-state index is 13.0. The van der Waals surface area contributed by atoms with Crippen LogP contribution in [0.1, 0.15) is 43.6 Å². The quantitative estimate of drug-likeness (QED) is 0.828. The van der Waals surface area contributed by atoms with Crippen molar-refractivity contribution in [1.29, 1.82) is 0 Å². The Kier molecular flexibility index (Phi) is 7.92. The van der Waals surface area contributed by atoms with Gasteiger partial charge in [-0.05, 0) is 43.1 Å². The minimum absolute atomic E-state index is 0. The van der Waals surface area contributed by atoms with Gasteiger partial charge in [0.15, 0.2) is 0 Å². The van der Waals surface area contributed by atoms with Gasteiger partial charge in [0.25, 0.3) is 5.92 Å². The van der Waals surface area contributed by atoms with Crippen LogP contribution in [0.3, 0.4) is 0 Å². The number of carbonyl (C=O) groups is 1. The van der Waals surface area contributed by atoms with Crippen LogP contribution in [0.15, 0.2) is 30.3 Å². The number of carbonyl (C=O) groups excluding carboxylic acids is 1. The maximum absolute atomic E-state index is 13.0. The second kappa shape index (κ2) is 9.18. The van der Waals surface area contributed by atoms with E-state index in [1.807, 2.05) is 18.2 Å². The lowest BCUT2D eigenvalue weighted by molar-refractivity contribution is -0.124. The fraction of sp³-hybridized carbons (Fsp3) is 0.588. The molecule has 1 amide bonds. The van der Waals surface area contributed by atoms with E-state index in [9.17, 15) is 13.6 Å². The Morgan fingerprint density at radius 3 is 2.35 bits per heavy atom. The summed E-state index contributed by atoms with van der Waals surface area (Å²) >= 11 is 0. The third-order valence-corrected chi connectivity index (χ3v) is 4.43. The summed E-state index contributed by atoms with van der Waals surface area (Å²) in [4.78, 5) is 11.7. The fourth-order valence-electron chi connectivity index (χ4n) is 3.06. The van der Waals surface area contributed by atoms with Crippen LogP contribution in [0.5, 0.6) is 0 Å². The van der Waals surface area contributed by atoms with Gasteiger partial charge in [-0.3, -0.25) is 4.79 Å². The monoisotopic (exact) mass is 346 g/mol. The van der Waals surface area contributed by atoms with Gasteiger partial charge >= 0.3 is 0 Å². The molecule has 2 rings (SSSR count).